The second-order valence-electron chi connectivity index (χ2n) is 2.70. The first-order chi connectivity index (χ1) is 6.33. The molecule has 13 heavy (non-hydrogen) atoms. The topological polar surface area (TPSA) is 17.1 Å². The van der Waals surface area contributed by atoms with Crippen LogP contribution in [0.4, 0.5) is 4.39 Å². The Labute approximate surface area is 77.0 Å². The quantitative estimate of drug-likeness (QED) is 0.469. The van der Waals surface area contributed by atoms with Crippen molar-refractivity contribution in [2.24, 2.45) is 0 Å². The van der Waals surface area contributed by atoms with E-state index >= 15 is 0 Å². The molecule has 0 heterocycles. The first-order valence-electron chi connectivity index (χ1n) is 4.18. The molecule has 0 fully saturated rings. The van der Waals surface area contributed by atoms with E-state index in [2.05, 4.69) is 0 Å². The molecule has 0 unspecified atom stereocenters. The monoisotopic (exact) mass is 178 g/mol. The summed E-state index contributed by atoms with van der Waals surface area (Å²) in [5, 5.41) is 0. The third-order valence-corrected chi connectivity index (χ3v) is 1.69. The molecule has 0 radical (unpaired) electrons. The molecule has 0 spiro atoms. The van der Waals surface area contributed by atoms with Crippen LogP contribution in [-0.2, 0) is 4.79 Å². The zero-order valence-electron chi connectivity index (χ0n) is 7.24. The number of aldehydes is 1. The van der Waals surface area contributed by atoms with Crippen molar-refractivity contribution < 1.29 is 9.18 Å². The third-order valence-electron chi connectivity index (χ3n) is 1.69. The van der Waals surface area contributed by atoms with Crippen LogP contribution in [0.25, 0.3) is 0 Å². The normalized spacial score (nSPS) is 28.1. The van der Waals surface area contributed by atoms with Gasteiger partial charge >= 0.3 is 0 Å². The first kappa shape index (κ1) is 9.65. The molecule has 0 aromatic heterocycles. The molecule has 1 rings (SSSR count). The van der Waals surface area contributed by atoms with Gasteiger partial charge in [0.25, 0.3) is 0 Å². The summed E-state index contributed by atoms with van der Waals surface area (Å²) in [7, 11) is 0. The lowest BCUT2D eigenvalue weighted by Crippen LogP contribution is -1.79. The van der Waals surface area contributed by atoms with E-state index in [1.165, 1.54) is 12.2 Å². The summed E-state index contributed by atoms with van der Waals surface area (Å²) in [6, 6.07) is 0. The molecule has 0 amide bonds. The van der Waals surface area contributed by atoms with Crippen LogP contribution in [0.1, 0.15) is 12.8 Å². The molecule has 2 heteroatoms. The molecule has 0 aromatic rings. The van der Waals surface area contributed by atoms with Gasteiger partial charge in [-0.25, -0.2) is 4.39 Å². The summed E-state index contributed by atoms with van der Waals surface area (Å²) in [5.41, 5.74) is 0.871. The Morgan fingerprint density at radius 2 is 2.00 bits per heavy atom. The largest absolute Gasteiger partial charge is 0.299 e. The standard InChI is InChI=1S/C11H11FO/c12-11-6-2-1-4-10(7-8-11)5-3-9-13/h3-9H,1-2H2/b5-3+,8-7-,10-4-,11-6+. The van der Waals surface area contributed by atoms with Gasteiger partial charge in [-0.15, -0.1) is 0 Å². The second kappa shape index (κ2) is 5.25. The molecule has 0 atom stereocenters. The van der Waals surface area contributed by atoms with E-state index in [9.17, 15) is 9.18 Å². The average molecular weight is 178 g/mol. The zero-order chi connectivity index (χ0) is 9.52. The van der Waals surface area contributed by atoms with E-state index < -0.39 is 0 Å². The number of carbonyl (C=O) groups is 1. The van der Waals surface area contributed by atoms with Gasteiger partial charge in [0, 0.05) is 0 Å². The van der Waals surface area contributed by atoms with Crippen molar-refractivity contribution >= 4 is 6.29 Å². The lowest BCUT2D eigenvalue weighted by Gasteiger charge is -1.97. The summed E-state index contributed by atoms with van der Waals surface area (Å²) in [6.45, 7) is 0. The van der Waals surface area contributed by atoms with Crippen LogP contribution in [-0.4, -0.2) is 6.29 Å². The summed E-state index contributed by atoms with van der Waals surface area (Å²) < 4.78 is 12.8. The van der Waals surface area contributed by atoms with Gasteiger partial charge in [-0.05, 0) is 36.6 Å². The Kier molecular flexibility index (Phi) is 3.89. The minimum absolute atomic E-state index is 0.217. The number of carbonyl (C=O) groups excluding carboxylic acids is 1. The van der Waals surface area contributed by atoms with Crippen LogP contribution in [0.15, 0.2) is 47.9 Å². The molecule has 68 valence electrons. The molecule has 0 aliphatic heterocycles. The Morgan fingerprint density at radius 1 is 1.23 bits per heavy atom. The summed E-state index contributed by atoms with van der Waals surface area (Å²) in [6.07, 6.45) is 11.9. The Morgan fingerprint density at radius 3 is 2.77 bits per heavy atom. The fourth-order valence-corrected chi connectivity index (χ4v) is 1.06. The zero-order valence-corrected chi connectivity index (χ0v) is 7.24. The fraction of sp³-hybridized carbons (Fsp3) is 0.182. The summed E-state index contributed by atoms with van der Waals surface area (Å²) in [5.74, 6) is -0.217. The number of hydrogen-bond donors (Lipinski definition) is 0. The van der Waals surface area contributed by atoms with E-state index in [-0.39, 0.29) is 5.83 Å². The highest BCUT2D eigenvalue weighted by molar-refractivity contribution is 5.66. The van der Waals surface area contributed by atoms with Gasteiger partial charge in [-0.1, -0.05) is 18.2 Å². The maximum Gasteiger partial charge on any atom is 0.142 e. The number of rotatable bonds is 2. The summed E-state index contributed by atoms with van der Waals surface area (Å²) >= 11 is 0. The van der Waals surface area contributed by atoms with Crippen molar-refractivity contribution in [1.29, 1.82) is 0 Å². The van der Waals surface area contributed by atoms with Gasteiger partial charge in [0.05, 0.1) is 0 Å². The highest BCUT2D eigenvalue weighted by Gasteiger charge is 1.93. The Balaban J connectivity index is 2.74. The molecular weight excluding hydrogens is 167 g/mol. The van der Waals surface area contributed by atoms with Gasteiger partial charge in [-0.3, -0.25) is 4.79 Å². The molecular formula is C11H11FO. The van der Waals surface area contributed by atoms with E-state index in [1.54, 1.807) is 18.2 Å². The van der Waals surface area contributed by atoms with Gasteiger partial charge in [0.1, 0.15) is 12.1 Å². The van der Waals surface area contributed by atoms with Gasteiger partial charge in [-0.2, -0.15) is 0 Å². The molecule has 1 aliphatic rings. The van der Waals surface area contributed by atoms with Crippen molar-refractivity contribution in [2.75, 3.05) is 0 Å². The number of allylic oxidation sites excluding steroid dienone is 8. The van der Waals surface area contributed by atoms with Crippen molar-refractivity contribution in [2.45, 2.75) is 12.8 Å². The van der Waals surface area contributed by atoms with Crippen molar-refractivity contribution in [1.82, 2.24) is 0 Å². The predicted octanol–water partition coefficient (Wildman–Crippen LogP) is 2.87. The molecule has 0 N–H and O–H groups in total. The lowest BCUT2D eigenvalue weighted by atomic mass is 10.1. The van der Waals surface area contributed by atoms with E-state index in [0.717, 1.165) is 12.0 Å². The molecule has 1 nitrogen and oxygen atoms in total. The van der Waals surface area contributed by atoms with E-state index in [1.807, 2.05) is 6.08 Å². The fourth-order valence-electron chi connectivity index (χ4n) is 1.06. The Hall–Kier alpha value is -1.44. The van der Waals surface area contributed by atoms with E-state index in [4.69, 9.17) is 0 Å². The number of hydrogen-bond acceptors (Lipinski definition) is 1. The highest BCUT2D eigenvalue weighted by Crippen LogP contribution is 2.12. The predicted molar refractivity (Wildman–Crippen MR) is 50.9 cm³/mol. The second-order valence-corrected chi connectivity index (χ2v) is 2.70. The minimum atomic E-state index is -0.217. The smallest absolute Gasteiger partial charge is 0.142 e. The highest BCUT2D eigenvalue weighted by atomic mass is 19.1. The van der Waals surface area contributed by atoms with Crippen molar-refractivity contribution in [3.05, 3.63) is 47.9 Å². The maximum atomic E-state index is 12.8. The van der Waals surface area contributed by atoms with Gasteiger partial charge < -0.3 is 0 Å². The van der Waals surface area contributed by atoms with Crippen LogP contribution in [0, 0.1) is 0 Å². The maximum absolute atomic E-state index is 12.8. The molecule has 0 aromatic carbocycles. The number of halogens is 1. The van der Waals surface area contributed by atoms with Crippen molar-refractivity contribution in [3.63, 3.8) is 0 Å². The third kappa shape index (κ3) is 3.65. The van der Waals surface area contributed by atoms with E-state index in [0.29, 0.717) is 12.7 Å². The minimum Gasteiger partial charge on any atom is -0.299 e. The molecule has 0 saturated heterocycles. The van der Waals surface area contributed by atoms with Gasteiger partial charge in [0.2, 0.25) is 0 Å². The summed E-state index contributed by atoms with van der Waals surface area (Å²) in [4.78, 5) is 10.0. The Bertz CT molecular complexity index is 295. The lowest BCUT2D eigenvalue weighted by molar-refractivity contribution is -0.104. The average Bonchev–Trinajstić information content (AvgIpc) is 2.11. The SMILES string of the molecule is O=C/C=C/C1=C/CC\C=C(F)/C=C\1. The molecule has 0 saturated carbocycles. The van der Waals surface area contributed by atoms with Crippen LogP contribution in [0.3, 0.4) is 0 Å². The van der Waals surface area contributed by atoms with Crippen molar-refractivity contribution in [3.8, 4) is 0 Å². The van der Waals surface area contributed by atoms with Crippen LogP contribution in [0.5, 0.6) is 0 Å². The van der Waals surface area contributed by atoms with Gasteiger partial charge in [0.15, 0.2) is 0 Å². The van der Waals surface area contributed by atoms with Crippen LogP contribution in [0.2, 0.25) is 0 Å². The molecule has 1 aliphatic carbocycles. The van der Waals surface area contributed by atoms with Crippen LogP contribution >= 0.6 is 0 Å². The molecule has 0 bridgehead atoms. The van der Waals surface area contributed by atoms with Crippen LogP contribution < -0.4 is 0 Å². The first-order valence-corrected chi connectivity index (χ1v) is 4.18.